The number of nitrogens with zero attached hydrogens (tertiary/aromatic N) is 1. The number of aryl methyl sites for hydroxylation is 3. The third kappa shape index (κ3) is 3.20. The van der Waals surface area contributed by atoms with Crippen molar-refractivity contribution in [2.45, 2.75) is 32.6 Å². The van der Waals surface area contributed by atoms with Crippen molar-refractivity contribution in [3.05, 3.63) is 70.4 Å². The van der Waals surface area contributed by atoms with Crippen molar-refractivity contribution in [1.82, 2.24) is 10.4 Å². The number of hydrogen-bond acceptors (Lipinski definition) is 2. The van der Waals surface area contributed by atoms with Crippen LogP contribution in [0.4, 0.5) is 0 Å². The molecule has 2 aromatic carbocycles. The largest absolute Gasteiger partial charge is 0.358 e. The van der Waals surface area contributed by atoms with E-state index in [-0.39, 0.29) is 5.91 Å². The Labute approximate surface area is 147 Å². The first-order valence-corrected chi connectivity index (χ1v) is 8.74. The topological polar surface area (TPSA) is 57.2 Å². The van der Waals surface area contributed by atoms with Gasteiger partial charge in [-0.15, -0.1) is 0 Å². The third-order valence-corrected chi connectivity index (χ3v) is 4.78. The van der Waals surface area contributed by atoms with E-state index in [9.17, 15) is 4.79 Å². The van der Waals surface area contributed by atoms with Crippen LogP contribution in [-0.2, 0) is 12.8 Å². The quantitative estimate of drug-likeness (QED) is 0.550. The number of rotatable bonds is 3. The Morgan fingerprint density at radius 2 is 2.04 bits per heavy atom. The minimum atomic E-state index is -0.184. The standard InChI is InChI=1S/C21H21N3O/c1-14-5-4-6-15(11-14)13-22-24-21(25)16-9-10-20-18(12-16)17-7-2-3-8-19(17)23-20/h4-6,9-13,23H,2-3,7-8H2,1H3,(H,24,25)/b22-13-. The number of carbonyl (C=O) groups is 1. The van der Waals surface area contributed by atoms with Crippen molar-refractivity contribution in [3.8, 4) is 0 Å². The zero-order chi connectivity index (χ0) is 17.2. The number of carbonyl (C=O) groups excluding carboxylic acids is 1. The molecule has 0 radical (unpaired) electrons. The van der Waals surface area contributed by atoms with Gasteiger partial charge in [0, 0.05) is 22.2 Å². The summed E-state index contributed by atoms with van der Waals surface area (Å²) in [7, 11) is 0. The molecule has 0 fully saturated rings. The van der Waals surface area contributed by atoms with E-state index >= 15 is 0 Å². The van der Waals surface area contributed by atoms with Crippen molar-refractivity contribution in [2.24, 2.45) is 5.10 Å². The Hall–Kier alpha value is -2.88. The highest BCUT2D eigenvalue weighted by Gasteiger charge is 2.16. The fourth-order valence-electron chi connectivity index (χ4n) is 3.53. The van der Waals surface area contributed by atoms with E-state index in [1.54, 1.807) is 6.21 Å². The summed E-state index contributed by atoms with van der Waals surface area (Å²) < 4.78 is 0. The second-order valence-electron chi connectivity index (χ2n) is 6.66. The minimum absolute atomic E-state index is 0.184. The lowest BCUT2D eigenvalue weighted by atomic mass is 9.95. The van der Waals surface area contributed by atoms with Crippen LogP contribution in [0.5, 0.6) is 0 Å². The summed E-state index contributed by atoms with van der Waals surface area (Å²) in [6.07, 6.45) is 6.32. The van der Waals surface area contributed by atoms with Crippen LogP contribution in [-0.4, -0.2) is 17.1 Å². The molecule has 0 spiro atoms. The van der Waals surface area contributed by atoms with E-state index in [4.69, 9.17) is 0 Å². The van der Waals surface area contributed by atoms with Gasteiger partial charge in [-0.1, -0.05) is 29.8 Å². The van der Waals surface area contributed by atoms with Gasteiger partial charge < -0.3 is 4.98 Å². The van der Waals surface area contributed by atoms with Crippen molar-refractivity contribution < 1.29 is 4.79 Å². The van der Waals surface area contributed by atoms with Gasteiger partial charge in [0.15, 0.2) is 0 Å². The van der Waals surface area contributed by atoms with E-state index in [1.165, 1.54) is 29.5 Å². The summed E-state index contributed by atoms with van der Waals surface area (Å²) in [4.78, 5) is 15.9. The molecule has 2 N–H and O–H groups in total. The Morgan fingerprint density at radius 1 is 1.16 bits per heavy atom. The molecule has 1 heterocycles. The smallest absolute Gasteiger partial charge is 0.271 e. The summed E-state index contributed by atoms with van der Waals surface area (Å²) in [6.45, 7) is 2.03. The SMILES string of the molecule is Cc1cccc(/C=N\NC(=O)c2ccc3[nH]c4c(c3c2)CCCC4)c1. The number of aromatic nitrogens is 1. The van der Waals surface area contributed by atoms with Gasteiger partial charge in [0.1, 0.15) is 0 Å². The van der Waals surface area contributed by atoms with Crippen molar-refractivity contribution in [1.29, 1.82) is 0 Å². The molecule has 126 valence electrons. The molecule has 4 heteroatoms. The van der Waals surface area contributed by atoms with Crippen LogP contribution in [0.3, 0.4) is 0 Å². The van der Waals surface area contributed by atoms with Crippen molar-refractivity contribution in [2.75, 3.05) is 0 Å². The number of H-pyrrole nitrogens is 1. The Balaban J connectivity index is 1.53. The second-order valence-corrected chi connectivity index (χ2v) is 6.66. The molecule has 0 aliphatic heterocycles. The summed E-state index contributed by atoms with van der Waals surface area (Å²) in [6, 6.07) is 13.8. The highest BCUT2D eigenvalue weighted by molar-refractivity contribution is 5.99. The average molecular weight is 331 g/mol. The lowest BCUT2D eigenvalue weighted by Gasteiger charge is -2.10. The second kappa shape index (κ2) is 6.55. The minimum Gasteiger partial charge on any atom is -0.358 e. The average Bonchev–Trinajstić information content (AvgIpc) is 2.99. The van der Waals surface area contributed by atoms with Crippen LogP contribution in [0.1, 0.15) is 45.6 Å². The van der Waals surface area contributed by atoms with Crippen molar-refractivity contribution >= 4 is 23.0 Å². The molecule has 1 aromatic heterocycles. The van der Waals surface area contributed by atoms with Gasteiger partial charge in [-0.2, -0.15) is 5.10 Å². The lowest BCUT2D eigenvalue weighted by Crippen LogP contribution is -2.17. The monoisotopic (exact) mass is 331 g/mol. The van der Waals surface area contributed by atoms with Gasteiger partial charge in [0.25, 0.3) is 5.91 Å². The first-order chi connectivity index (χ1) is 12.2. The fourth-order valence-corrected chi connectivity index (χ4v) is 3.53. The first kappa shape index (κ1) is 15.6. The van der Waals surface area contributed by atoms with Crippen LogP contribution >= 0.6 is 0 Å². The van der Waals surface area contributed by atoms with Crippen LogP contribution < -0.4 is 5.43 Å². The van der Waals surface area contributed by atoms with Gasteiger partial charge >= 0.3 is 0 Å². The number of fused-ring (bicyclic) bond motifs is 3. The summed E-state index contributed by atoms with van der Waals surface area (Å²) in [5.41, 5.74) is 9.22. The van der Waals surface area contributed by atoms with Gasteiger partial charge in [-0.05, 0) is 61.9 Å². The number of aromatic amines is 1. The number of nitrogens with one attached hydrogen (secondary N) is 2. The molecule has 0 bridgehead atoms. The Kier molecular flexibility index (Phi) is 4.10. The van der Waals surface area contributed by atoms with E-state index in [0.29, 0.717) is 5.56 Å². The number of amides is 1. The van der Waals surface area contributed by atoms with Crippen LogP contribution in [0, 0.1) is 6.92 Å². The predicted molar refractivity (Wildman–Crippen MR) is 101 cm³/mol. The molecule has 25 heavy (non-hydrogen) atoms. The fraction of sp³-hybridized carbons (Fsp3) is 0.238. The zero-order valence-electron chi connectivity index (χ0n) is 14.3. The number of hydrazone groups is 1. The highest BCUT2D eigenvalue weighted by Crippen LogP contribution is 2.29. The van der Waals surface area contributed by atoms with E-state index in [2.05, 4.69) is 15.5 Å². The van der Waals surface area contributed by atoms with Gasteiger partial charge in [-0.3, -0.25) is 4.79 Å². The molecule has 3 aromatic rings. The van der Waals surface area contributed by atoms with Gasteiger partial charge in [0.2, 0.25) is 0 Å². The Bertz CT molecular complexity index is 968. The molecular formula is C21H21N3O. The summed E-state index contributed by atoms with van der Waals surface area (Å²) >= 11 is 0. The molecule has 0 atom stereocenters. The van der Waals surface area contributed by atoms with E-state index in [0.717, 1.165) is 29.5 Å². The van der Waals surface area contributed by atoms with Gasteiger partial charge in [-0.25, -0.2) is 5.43 Å². The maximum absolute atomic E-state index is 12.4. The zero-order valence-corrected chi connectivity index (χ0v) is 14.3. The van der Waals surface area contributed by atoms with E-state index in [1.807, 2.05) is 49.4 Å². The van der Waals surface area contributed by atoms with Crippen LogP contribution in [0.2, 0.25) is 0 Å². The molecule has 1 aliphatic rings. The van der Waals surface area contributed by atoms with Crippen molar-refractivity contribution in [3.63, 3.8) is 0 Å². The van der Waals surface area contributed by atoms with Crippen LogP contribution in [0.25, 0.3) is 10.9 Å². The maximum Gasteiger partial charge on any atom is 0.271 e. The normalized spacial score (nSPS) is 14.0. The predicted octanol–water partition coefficient (Wildman–Crippen LogP) is 4.12. The maximum atomic E-state index is 12.4. The number of benzene rings is 2. The third-order valence-electron chi connectivity index (χ3n) is 4.78. The van der Waals surface area contributed by atoms with E-state index < -0.39 is 0 Å². The lowest BCUT2D eigenvalue weighted by molar-refractivity contribution is 0.0955. The summed E-state index contributed by atoms with van der Waals surface area (Å²) in [5, 5.41) is 5.25. The summed E-state index contributed by atoms with van der Waals surface area (Å²) in [5.74, 6) is -0.184. The molecule has 4 rings (SSSR count). The first-order valence-electron chi connectivity index (χ1n) is 8.74. The molecule has 1 amide bonds. The molecule has 0 saturated heterocycles. The molecule has 1 aliphatic carbocycles. The molecule has 0 saturated carbocycles. The molecular weight excluding hydrogens is 310 g/mol. The Morgan fingerprint density at radius 3 is 2.92 bits per heavy atom. The molecule has 0 unspecified atom stereocenters. The highest BCUT2D eigenvalue weighted by atomic mass is 16.2. The molecule has 4 nitrogen and oxygen atoms in total. The number of hydrogen-bond donors (Lipinski definition) is 2. The van der Waals surface area contributed by atoms with Gasteiger partial charge in [0.05, 0.1) is 6.21 Å². The van der Waals surface area contributed by atoms with Crippen LogP contribution in [0.15, 0.2) is 47.6 Å².